The van der Waals surface area contributed by atoms with Gasteiger partial charge in [-0.1, -0.05) is 12.1 Å². The summed E-state index contributed by atoms with van der Waals surface area (Å²) in [6, 6.07) is 6.92. The summed E-state index contributed by atoms with van der Waals surface area (Å²) < 4.78 is 0. The molecule has 41 heavy (non-hydrogen) atoms. The van der Waals surface area contributed by atoms with Gasteiger partial charge >= 0.3 is 0 Å². The van der Waals surface area contributed by atoms with E-state index in [0.29, 0.717) is 50.1 Å². The molecule has 2 aromatic carbocycles. The van der Waals surface area contributed by atoms with Gasteiger partial charge in [0.25, 0.3) is 0 Å². The van der Waals surface area contributed by atoms with E-state index < -0.39 is 35.8 Å². The topological polar surface area (TPSA) is 218 Å². The normalized spacial score (nSPS) is 19.4. The van der Waals surface area contributed by atoms with E-state index in [-0.39, 0.29) is 30.8 Å². The maximum Gasteiger partial charge on any atom is 0.243 e. The van der Waals surface area contributed by atoms with Gasteiger partial charge in [0.05, 0.1) is 6.04 Å². The van der Waals surface area contributed by atoms with E-state index in [0.717, 1.165) is 24.1 Å². The van der Waals surface area contributed by atoms with Crippen LogP contribution in [0.2, 0.25) is 0 Å². The number of fused-ring (bicyclic) bond motifs is 5. The lowest BCUT2D eigenvalue weighted by Crippen LogP contribution is -2.56. The molecular formula is C29H43N7O5. The van der Waals surface area contributed by atoms with Crippen molar-refractivity contribution in [2.75, 3.05) is 32.7 Å². The highest BCUT2D eigenvalue weighted by Crippen LogP contribution is 2.30. The summed E-state index contributed by atoms with van der Waals surface area (Å²) in [6.45, 7) is 2.77. The van der Waals surface area contributed by atoms with Gasteiger partial charge in [-0.25, -0.2) is 0 Å². The minimum atomic E-state index is -1.04. The van der Waals surface area contributed by atoms with Crippen molar-refractivity contribution < 1.29 is 24.6 Å². The molecule has 12 heteroatoms. The number of benzene rings is 2. The summed E-state index contributed by atoms with van der Waals surface area (Å²) in [4.78, 5) is 39.7. The number of carbonyl (C=O) groups is 3. The number of amides is 3. The smallest absolute Gasteiger partial charge is 0.243 e. The minimum absolute atomic E-state index is 0.00794. The van der Waals surface area contributed by atoms with Crippen LogP contribution in [0.25, 0.3) is 11.1 Å². The molecule has 1 aliphatic rings. The van der Waals surface area contributed by atoms with Crippen LogP contribution in [0.3, 0.4) is 0 Å². The van der Waals surface area contributed by atoms with Gasteiger partial charge in [-0.15, -0.1) is 0 Å². The summed E-state index contributed by atoms with van der Waals surface area (Å²) in [5.74, 6) is -1.58. The summed E-state index contributed by atoms with van der Waals surface area (Å²) in [7, 11) is 0. The van der Waals surface area contributed by atoms with E-state index in [1.54, 1.807) is 24.3 Å². The molecule has 224 valence electrons. The Balaban J connectivity index is 1.92. The van der Waals surface area contributed by atoms with Crippen molar-refractivity contribution in [3.63, 3.8) is 0 Å². The Morgan fingerprint density at radius 2 is 1.44 bits per heavy atom. The molecule has 3 rings (SSSR count). The van der Waals surface area contributed by atoms with Crippen molar-refractivity contribution in [3.05, 3.63) is 47.5 Å². The van der Waals surface area contributed by atoms with Crippen molar-refractivity contribution >= 4 is 17.7 Å². The van der Waals surface area contributed by atoms with Crippen LogP contribution in [0.15, 0.2) is 36.4 Å². The van der Waals surface area contributed by atoms with Crippen molar-refractivity contribution in [1.29, 1.82) is 0 Å². The molecule has 0 saturated carbocycles. The fourth-order valence-corrected chi connectivity index (χ4v) is 4.66. The van der Waals surface area contributed by atoms with Crippen molar-refractivity contribution in [1.82, 2.24) is 21.3 Å². The first kappa shape index (κ1) is 31.8. The quantitative estimate of drug-likeness (QED) is 0.157. The largest absolute Gasteiger partial charge is 0.508 e. The fourth-order valence-electron chi connectivity index (χ4n) is 4.66. The van der Waals surface area contributed by atoms with E-state index in [4.69, 9.17) is 17.2 Å². The Bertz CT molecular complexity index is 1190. The molecule has 0 aromatic heterocycles. The maximum absolute atomic E-state index is 13.4. The van der Waals surface area contributed by atoms with Crippen LogP contribution in [0.1, 0.15) is 36.8 Å². The number of nitrogens with one attached hydrogen (secondary N) is 4. The van der Waals surface area contributed by atoms with Gasteiger partial charge < -0.3 is 48.7 Å². The Morgan fingerprint density at radius 3 is 2.07 bits per heavy atom. The monoisotopic (exact) mass is 569 g/mol. The first-order valence-electron chi connectivity index (χ1n) is 14.1. The minimum Gasteiger partial charge on any atom is -0.508 e. The van der Waals surface area contributed by atoms with Crippen LogP contribution in [0.4, 0.5) is 0 Å². The van der Waals surface area contributed by atoms with Crippen molar-refractivity contribution in [2.45, 2.75) is 56.7 Å². The second kappa shape index (κ2) is 15.9. The second-order valence-electron chi connectivity index (χ2n) is 10.3. The summed E-state index contributed by atoms with van der Waals surface area (Å²) >= 11 is 0. The first-order valence-corrected chi connectivity index (χ1v) is 14.1. The maximum atomic E-state index is 13.4. The third-order valence-electron chi connectivity index (χ3n) is 7.04. The average Bonchev–Trinajstić information content (AvgIpc) is 2.95. The molecule has 1 aliphatic heterocycles. The zero-order valence-corrected chi connectivity index (χ0v) is 23.3. The molecular weight excluding hydrogens is 526 g/mol. The van der Waals surface area contributed by atoms with Crippen LogP contribution < -0.4 is 38.5 Å². The molecule has 4 bridgehead atoms. The summed E-state index contributed by atoms with van der Waals surface area (Å²) in [5, 5.41) is 32.7. The van der Waals surface area contributed by atoms with Crippen molar-refractivity contribution in [3.8, 4) is 22.6 Å². The van der Waals surface area contributed by atoms with Gasteiger partial charge in [-0.3, -0.25) is 14.4 Å². The Morgan fingerprint density at radius 1 is 0.829 bits per heavy atom. The molecule has 1 heterocycles. The van der Waals surface area contributed by atoms with Crippen LogP contribution in [-0.2, 0) is 27.2 Å². The van der Waals surface area contributed by atoms with Gasteiger partial charge in [-0.2, -0.15) is 0 Å². The number of nitrogens with two attached hydrogens (primary N) is 3. The third-order valence-corrected chi connectivity index (χ3v) is 7.04. The molecule has 0 fully saturated rings. The molecule has 0 saturated heterocycles. The van der Waals surface area contributed by atoms with Gasteiger partial charge in [0.1, 0.15) is 23.6 Å². The fraction of sp³-hybridized carbons (Fsp3) is 0.483. The molecule has 3 atom stereocenters. The molecule has 12 nitrogen and oxygen atoms in total. The highest BCUT2D eigenvalue weighted by molar-refractivity contribution is 5.93. The molecule has 3 amide bonds. The number of phenolic OH excluding ortho intramolecular Hbond substituents is 2. The molecule has 0 spiro atoms. The standard InChI is InChI=1S/C29H43N7O5/c30-9-1-4-23-29(41)36-24(28(40)34-13-3-12-33-11-2-10-31)17-21-15-19(6-8-26(21)38)18-5-7-25(37)20(14-18)16-22(32)27(39)35-23/h5-8,14-15,22-24,33,37-38H,1-4,9-13,16-17,30-32H2,(H,34,40)(H,35,39)(H,36,41)/t22-,23+,24+/m1/s1. The van der Waals surface area contributed by atoms with Crippen molar-refractivity contribution in [2.24, 2.45) is 17.2 Å². The van der Waals surface area contributed by atoms with Crippen LogP contribution in [0, 0.1) is 0 Å². The molecule has 2 aromatic rings. The van der Waals surface area contributed by atoms with Gasteiger partial charge in [0.2, 0.25) is 17.7 Å². The molecule has 0 aliphatic carbocycles. The van der Waals surface area contributed by atoms with E-state index in [9.17, 15) is 24.6 Å². The lowest BCUT2D eigenvalue weighted by atomic mass is 9.95. The number of carbonyl (C=O) groups excluding carboxylic acids is 3. The summed E-state index contributed by atoms with van der Waals surface area (Å²) in [5.41, 5.74) is 19.7. The average molecular weight is 570 g/mol. The highest BCUT2D eigenvalue weighted by Gasteiger charge is 2.29. The highest BCUT2D eigenvalue weighted by atomic mass is 16.3. The van der Waals surface area contributed by atoms with Gasteiger partial charge in [-0.05, 0) is 98.4 Å². The zero-order chi connectivity index (χ0) is 29.8. The lowest BCUT2D eigenvalue weighted by Gasteiger charge is -2.24. The molecule has 12 N–H and O–H groups in total. The van der Waals surface area contributed by atoms with E-state index in [2.05, 4.69) is 21.3 Å². The SMILES string of the molecule is NCCCNCCCNC(=O)[C@@H]1Cc2cc(ccc2O)-c2ccc(O)c(c2)C[C@@H](N)C(=O)N[C@@H](CCCN)C(=O)N1. The third kappa shape index (κ3) is 9.42. The molecule has 0 radical (unpaired) electrons. The Kier molecular flexibility index (Phi) is 12.3. The molecule has 0 unspecified atom stereocenters. The predicted octanol–water partition coefficient (Wildman–Crippen LogP) is -0.656. The number of aromatic hydroxyl groups is 2. The van der Waals surface area contributed by atoms with Gasteiger partial charge in [0, 0.05) is 19.4 Å². The van der Waals surface area contributed by atoms with Gasteiger partial charge in [0.15, 0.2) is 0 Å². The number of hydrogen-bond acceptors (Lipinski definition) is 9. The second-order valence-corrected chi connectivity index (χ2v) is 10.3. The van der Waals surface area contributed by atoms with Crippen LogP contribution >= 0.6 is 0 Å². The van der Waals surface area contributed by atoms with E-state index >= 15 is 0 Å². The zero-order valence-electron chi connectivity index (χ0n) is 23.3. The van der Waals surface area contributed by atoms with Crippen LogP contribution in [-0.4, -0.2) is 78.8 Å². The first-order chi connectivity index (χ1) is 19.7. The number of rotatable bonds is 11. The number of phenols is 2. The Labute approximate surface area is 240 Å². The van der Waals surface area contributed by atoms with E-state index in [1.807, 2.05) is 0 Å². The number of hydrogen-bond donors (Lipinski definition) is 9. The summed E-state index contributed by atoms with van der Waals surface area (Å²) in [6.07, 6.45) is 2.27. The lowest BCUT2D eigenvalue weighted by molar-refractivity contribution is -0.132. The van der Waals surface area contributed by atoms with E-state index in [1.165, 1.54) is 12.1 Å². The Hall–Kier alpha value is -3.71. The predicted molar refractivity (Wildman–Crippen MR) is 157 cm³/mol. The van der Waals surface area contributed by atoms with Crippen LogP contribution in [0.5, 0.6) is 11.5 Å².